The fourth-order valence-electron chi connectivity index (χ4n) is 3.84. The van der Waals surface area contributed by atoms with Crippen LogP contribution in [-0.2, 0) is 24.3 Å². The van der Waals surface area contributed by atoms with Crippen molar-refractivity contribution in [3.05, 3.63) is 52.2 Å². The molecule has 27 heavy (non-hydrogen) atoms. The van der Waals surface area contributed by atoms with Crippen molar-refractivity contribution in [2.75, 3.05) is 13.1 Å². The first-order chi connectivity index (χ1) is 13.1. The Morgan fingerprint density at radius 3 is 2.48 bits per heavy atom. The number of piperidine rings is 1. The molecule has 6 nitrogen and oxygen atoms in total. The van der Waals surface area contributed by atoms with E-state index in [1.54, 1.807) is 4.57 Å². The molecule has 6 heteroatoms. The minimum atomic E-state index is -0.170. The van der Waals surface area contributed by atoms with E-state index >= 15 is 0 Å². The molecule has 0 N–H and O–H groups in total. The molecule has 1 aliphatic heterocycles. The van der Waals surface area contributed by atoms with Crippen molar-refractivity contribution in [3.63, 3.8) is 0 Å². The number of hydrogen-bond donors (Lipinski definition) is 0. The summed E-state index contributed by atoms with van der Waals surface area (Å²) in [7, 11) is 0. The predicted molar refractivity (Wildman–Crippen MR) is 106 cm³/mol. The van der Waals surface area contributed by atoms with Gasteiger partial charge in [0.1, 0.15) is 12.4 Å². The molecule has 2 aromatic rings. The molecule has 0 unspecified atom stereocenters. The summed E-state index contributed by atoms with van der Waals surface area (Å²) < 4.78 is 3.03. The second-order valence-electron chi connectivity index (χ2n) is 7.27. The Hall–Kier alpha value is -2.37. The number of amides is 1. The Labute approximate surface area is 160 Å². The molecule has 0 aliphatic carbocycles. The Morgan fingerprint density at radius 1 is 1.15 bits per heavy atom. The second kappa shape index (κ2) is 9.02. The standard InChI is InChI=1S/C21H30N4O2/c1-3-5-11-19-22-25(21(27)24(19)4-2)16-20(26)23-14-12-18(13-15-23)17-9-7-6-8-10-17/h6-10,18H,3-5,11-16H2,1-2H3. The smallest absolute Gasteiger partial charge is 0.341 e. The molecule has 146 valence electrons. The Morgan fingerprint density at radius 2 is 1.85 bits per heavy atom. The molecule has 1 saturated heterocycles. The van der Waals surface area contributed by atoms with Crippen LogP contribution in [0.1, 0.15) is 56.8 Å². The number of aromatic nitrogens is 3. The van der Waals surface area contributed by atoms with Gasteiger partial charge in [-0.3, -0.25) is 9.36 Å². The van der Waals surface area contributed by atoms with Crippen molar-refractivity contribution in [2.45, 2.75) is 65.0 Å². The van der Waals surface area contributed by atoms with E-state index in [1.807, 2.05) is 17.9 Å². The third-order valence-corrected chi connectivity index (χ3v) is 5.47. The van der Waals surface area contributed by atoms with E-state index in [2.05, 4.69) is 36.3 Å². The summed E-state index contributed by atoms with van der Waals surface area (Å²) in [4.78, 5) is 27.1. The summed E-state index contributed by atoms with van der Waals surface area (Å²) in [6, 6.07) is 10.5. The van der Waals surface area contributed by atoms with Crippen molar-refractivity contribution in [1.82, 2.24) is 19.2 Å². The Bertz CT molecular complexity index is 801. The fourth-order valence-corrected chi connectivity index (χ4v) is 3.84. The van der Waals surface area contributed by atoms with Crippen LogP contribution >= 0.6 is 0 Å². The molecule has 0 radical (unpaired) electrons. The van der Waals surface area contributed by atoms with Crippen LogP contribution in [-0.4, -0.2) is 38.2 Å². The molecule has 1 amide bonds. The monoisotopic (exact) mass is 370 g/mol. The lowest BCUT2D eigenvalue weighted by atomic mass is 9.89. The second-order valence-corrected chi connectivity index (χ2v) is 7.27. The van der Waals surface area contributed by atoms with Crippen LogP contribution < -0.4 is 5.69 Å². The molecule has 0 atom stereocenters. The zero-order valence-corrected chi connectivity index (χ0v) is 16.4. The molecular formula is C21H30N4O2. The van der Waals surface area contributed by atoms with Gasteiger partial charge in [0.15, 0.2) is 0 Å². The maximum Gasteiger partial charge on any atom is 0.346 e. The van der Waals surface area contributed by atoms with Crippen LogP contribution in [0.3, 0.4) is 0 Å². The van der Waals surface area contributed by atoms with Gasteiger partial charge in [-0.15, -0.1) is 0 Å². The van der Waals surface area contributed by atoms with E-state index < -0.39 is 0 Å². The quantitative estimate of drug-likeness (QED) is 0.753. The Balaban J connectivity index is 1.61. The number of carbonyl (C=O) groups is 1. The summed E-state index contributed by atoms with van der Waals surface area (Å²) in [6.07, 6.45) is 4.77. The third kappa shape index (κ3) is 4.49. The highest BCUT2D eigenvalue weighted by molar-refractivity contribution is 5.76. The summed E-state index contributed by atoms with van der Waals surface area (Å²) >= 11 is 0. The van der Waals surface area contributed by atoms with Crippen LogP contribution in [0.15, 0.2) is 35.1 Å². The number of unbranched alkanes of at least 4 members (excludes halogenated alkanes) is 1. The number of benzene rings is 1. The van der Waals surface area contributed by atoms with Gasteiger partial charge >= 0.3 is 5.69 Å². The van der Waals surface area contributed by atoms with Crippen molar-refractivity contribution in [2.24, 2.45) is 0 Å². The fraction of sp³-hybridized carbons (Fsp3) is 0.571. The van der Waals surface area contributed by atoms with Gasteiger partial charge in [0.2, 0.25) is 5.91 Å². The zero-order chi connectivity index (χ0) is 19.2. The zero-order valence-electron chi connectivity index (χ0n) is 16.4. The number of carbonyl (C=O) groups excluding carboxylic acids is 1. The minimum Gasteiger partial charge on any atom is -0.341 e. The topological polar surface area (TPSA) is 60.1 Å². The third-order valence-electron chi connectivity index (χ3n) is 5.47. The molecule has 1 fully saturated rings. The lowest BCUT2D eigenvalue weighted by Gasteiger charge is -2.32. The van der Waals surface area contributed by atoms with Gasteiger partial charge in [0.05, 0.1) is 0 Å². The normalized spacial score (nSPS) is 15.3. The van der Waals surface area contributed by atoms with Gasteiger partial charge in [-0.2, -0.15) is 5.10 Å². The van der Waals surface area contributed by atoms with Crippen LogP contribution in [0.25, 0.3) is 0 Å². The van der Waals surface area contributed by atoms with Crippen molar-refractivity contribution in [3.8, 4) is 0 Å². The molecule has 2 heterocycles. The van der Waals surface area contributed by atoms with Crippen LogP contribution in [0.4, 0.5) is 0 Å². The SMILES string of the molecule is CCCCc1nn(CC(=O)N2CCC(c3ccccc3)CC2)c(=O)n1CC. The average molecular weight is 370 g/mol. The van der Waals surface area contributed by atoms with E-state index in [9.17, 15) is 9.59 Å². The summed E-state index contributed by atoms with van der Waals surface area (Å²) in [6.45, 7) is 6.18. The molecule has 1 aromatic heterocycles. The first-order valence-corrected chi connectivity index (χ1v) is 10.1. The molecule has 0 spiro atoms. The van der Waals surface area contributed by atoms with Crippen molar-refractivity contribution in [1.29, 1.82) is 0 Å². The molecule has 1 aromatic carbocycles. The molecule has 1 aliphatic rings. The number of rotatable bonds is 7. The predicted octanol–water partition coefficient (Wildman–Crippen LogP) is 2.81. The lowest BCUT2D eigenvalue weighted by Crippen LogP contribution is -2.41. The lowest BCUT2D eigenvalue weighted by molar-refractivity contribution is -0.133. The average Bonchev–Trinajstić information content (AvgIpc) is 3.01. The van der Waals surface area contributed by atoms with Gasteiger partial charge in [-0.25, -0.2) is 9.48 Å². The Kier molecular flexibility index (Phi) is 6.48. The van der Waals surface area contributed by atoms with E-state index in [-0.39, 0.29) is 18.1 Å². The van der Waals surface area contributed by atoms with Crippen LogP contribution in [0.2, 0.25) is 0 Å². The highest BCUT2D eigenvalue weighted by Gasteiger charge is 2.25. The first kappa shape index (κ1) is 19.4. The number of hydrogen-bond acceptors (Lipinski definition) is 3. The van der Waals surface area contributed by atoms with Gasteiger partial charge in [-0.1, -0.05) is 43.7 Å². The largest absolute Gasteiger partial charge is 0.346 e. The molecule has 0 saturated carbocycles. The number of nitrogens with zero attached hydrogens (tertiary/aromatic N) is 4. The van der Waals surface area contributed by atoms with Gasteiger partial charge < -0.3 is 4.90 Å². The van der Waals surface area contributed by atoms with Crippen LogP contribution in [0, 0.1) is 0 Å². The molecular weight excluding hydrogens is 340 g/mol. The summed E-state index contributed by atoms with van der Waals surface area (Å²) in [5.74, 6) is 1.30. The van der Waals surface area contributed by atoms with E-state index in [0.717, 1.165) is 51.0 Å². The summed E-state index contributed by atoms with van der Waals surface area (Å²) in [5.41, 5.74) is 1.18. The van der Waals surface area contributed by atoms with E-state index in [4.69, 9.17) is 0 Å². The van der Waals surface area contributed by atoms with Gasteiger partial charge in [0, 0.05) is 26.1 Å². The van der Waals surface area contributed by atoms with Crippen LogP contribution in [0.5, 0.6) is 0 Å². The first-order valence-electron chi connectivity index (χ1n) is 10.1. The maximum atomic E-state index is 12.7. The number of likely N-dealkylation sites (tertiary alicyclic amines) is 1. The highest BCUT2D eigenvalue weighted by atomic mass is 16.2. The molecule has 0 bridgehead atoms. The maximum absolute atomic E-state index is 12.7. The van der Waals surface area contributed by atoms with Crippen molar-refractivity contribution >= 4 is 5.91 Å². The van der Waals surface area contributed by atoms with Gasteiger partial charge in [0.25, 0.3) is 0 Å². The van der Waals surface area contributed by atoms with E-state index in [1.165, 1.54) is 10.2 Å². The highest BCUT2D eigenvalue weighted by Crippen LogP contribution is 2.27. The molecule has 3 rings (SSSR count). The van der Waals surface area contributed by atoms with Gasteiger partial charge in [-0.05, 0) is 37.7 Å². The number of aryl methyl sites for hydroxylation is 1. The summed E-state index contributed by atoms with van der Waals surface area (Å²) in [5, 5.41) is 4.44. The van der Waals surface area contributed by atoms with Crippen molar-refractivity contribution < 1.29 is 4.79 Å². The minimum absolute atomic E-state index is 0.00796. The van der Waals surface area contributed by atoms with E-state index in [0.29, 0.717) is 12.5 Å².